The van der Waals surface area contributed by atoms with Gasteiger partial charge in [0.25, 0.3) is 0 Å². The number of hydrogen-bond acceptors (Lipinski definition) is 14. The van der Waals surface area contributed by atoms with Gasteiger partial charge in [0.2, 0.25) is 11.6 Å². The average Bonchev–Trinajstić information content (AvgIpc) is 1.47. The number of carbonyl (C=O) groups excluding carboxylic acids is 2. The lowest BCUT2D eigenvalue weighted by Crippen LogP contribution is -2.41. The first kappa shape index (κ1) is 86.1. The number of fused-ring (bicyclic) bond motifs is 30. The van der Waals surface area contributed by atoms with Crippen LogP contribution >= 0.6 is 61.3 Å². The fourth-order valence-electron chi connectivity index (χ4n) is 22.6. The second-order valence-electron chi connectivity index (χ2n) is 36.2. The molecule has 0 fully saturated rings. The highest BCUT2D eigenvalue weighted by atomic mass is 79.9. The summed E-state index contributed by atoms with van der Waals surface area (Å²) in [4.78, 5) is 41.6. The number of para-hydroxylation sites is 12. The Balaban J connectivity index is 0.000000132. The molecule has 0 aliphatic heterocycles. The lowest BCUT2D eigenvalue weighted by Gasteiger charge is -2.45. The number of ketones is 2. The number of nitrogens with zero attached hydrogens (tertiary/aromatic N) is 4. The molecule has 0 bridgehead atoms. The van der Waals surface area contributed by atoms with Crippen molar-refractivity contribution in [3.63, 3.8) is 0 Å². The first-order valence-electron chi connectivity index (χ1n) is 47.6. The molecule has 8 heterocycles. The van der Waals surface area contributed by atoms with E-state index in [-0.39, 0.29) is 19.0 Å². The van der Waals surface area contributed by atoms with Gasteiger partial charge in [0.15, 0.2) is 22.3 Å². The molecule has 4 aliphatic rings. The number of hydrogen-bond donors (Lipinski definition) is 0. The highest BCUT2D eigenvalue weighted by Gasteiger charge is 2.62. The maximum atomic E-state index is 14.5. The van der Waals surface area contributed by atoms with Gasteiger partial charge in [-0.15, -0.1) is 45.3 Å². The zero-order chi connectivity index (χ0) is 94.7. The maximum absolute atomic E-state index is 14.5. The van der Waals surface area contributed by atoms with E-state index in [2.05, 4.69) is 351 Å². The zero-order valence-corrected chi connectivity index (χ0v) is 81.1. The van der Waals surface area contributed by atoms with Crippen molar-refractivity contribution >= 4 is 226 Å². The molecule has 30 rings (SSSR count). The third kappa shape index (κ3) is 13.2. The third-order valence-electron chi connectivity index (χ3n) is 28.6. The van der Waals surface area contributed by atoms with Crippen molar-refractivity contribution < 1.29 is 27.3 Å². The average molecular weight is 1990 g/mol. The van der Waals surface area contributed by atoms with Crippen LogP contribution in [0.5, 0.6) is 0 Å². The van der Waals surface area contributed by atoms with Gasteiger partial charge in [0.05, 0.1) is 43.3 Å². The van der Waals surface area contributed by atoms with Crippen LogP contribution in [0.3, 0.4) is 0 Å². The van der Waals surface area contributed by atoms with Crippen LogP contribution < -0.4 is 19.6 Å². The van der Waals surface area contributed by atoms with Crippen LogP contribution in [0, 0.1) is 0 Å². The first-order chi connectivity index (χ1) is 70.7. The predicted octanol–water partition coefficient (Wildman–Crippen LogP) is 37.7. The van der Waals surface area contributed by atoms with Crippen LogP contribution in [-0.4, -0.2) is 11.6 Å². The molecular weight excluding hydrogens is 1910 g/mol. The van der Waals surface area contributed by atoms with Gasteiger partial charge >= 0.3 is 0 Å². The molecule has 0 amide bonds. The van der Waals surface area contributed by atoms with Crippen molar-refractivity contribution in [2.24, 2.45) is 0 Å². The van der Waals surface area contributed by atoms with Gasteiger partial charge in [-0.3, -0.25) is 29.2 Å². The van der Waals surface area contributed by atoms with Crippen molar-refractivity contribution in [1.82, 2.24) is 0 Å². The van der Waals surface area contributed by atoms with Gasteiger partial charge < -0.3 is 17.7 Å². The van der Waals surface area contributed by atoms with Gasteiger partial charge in [-0.25, -0.2) is 0 Å². The van der Waals surface area contributed by atoms with E-state index in [1.807, 2.05) is 174 Å². The molecule has 0 saturated carbocycles. The van der Waals surface area contributed by atoms with E-state index in [0.29, 0.717) is 20.9 Å². The smallest absolute Gasteiger partial charge is 0.205 e. The largest absolute Gasteiger partial charge is 0.454 e. The number of benzene rings is 18. The van der Waals surface area contributed by atoms with Crippen LogP contribution in [0.25, 0.3) is 121 Å². The van der Waals surface area contributed by atoms with Crippen LogP contribution in [0.15, 0.2) is 489 Å². The van der Waals surface area contributed by atoms with Crippen molar-refractivity contribution in [2.75, 3.05) is 19.6 Å². The zero-order valence-electron chi connectivity index (χ0n) is 76.2. The Kier molecular flexibility index (Phi) is 20.6. The molecule has 684 valence electrons. The minimum Gasteiger partial charge on any atom is -0.454 e. The molecule has 2 spiro atoms. The quantitative estimate of drug-likeness (QED) is 0.111. The molecule has 144 heavy (non-hydrogen) atoms. The molecule has 15 heteroatoms. The van der Waals surface area contributed by atoms with Crippen molar-refractivity contribution in [3.8, 4) is 33.4 Å². The number of thiophene rings is 4. The van der Waals surface area contributed by atoms with Crippen molar-refractivity contribution in [2.45, 2.75) is 18.3 Å². The van der Waals surface area contributed by atoms with Gasteiger partial charge in [0.1, 0.15) is 42.3 Å². The Labute approximate surface area is 853 Å². The molecule has 0 saturated heterocycles. The summed E-state index contributed by atoms with van der Waals surface area (Å²) in [6.45, 7) is 0. The van der Waals surface area contributed by atoms with Crippen LogP contribution in [0.4, 0.5) is 65.5 Å². The minimum absolute atomic E-state index is 0. The summed E-state index contributed by atoms with van der Waals surface area (Å²) in [5.74, 6) is -0.327. The second-order valence-corrected chi connectivity index (χ2v) is 41.2. The second kappa shape index (κ2) is 34.5. The van der Waals surface area contributed by atoms with E-state index in [1.165, 1.54) is 99.2 Å². The highest BCUT2D eigenvalue weighted by molar-refractivity contribution is 9.10. The fraction of sp³-hybridized carbons (Fsp3) is 0.0233. The third-order valence-corrected chi connectivity index (χ3v) is 34.0. The molecule has 8 aromatic heterocycles. The van der Waals surface area contributed by atoms with E-state index in [4.69, 9.17) is 17.7 Å². The summed E-state index contributed by atoms with van der Waals surface area (Å²) in [6.07, 6.45) is 0. The summed E-state index contributed by atoms with van der Waals surface area (Å²) in [7, 11) is 0. The Morgan fingerprint density at radius 3 is 0.757 bits per heavy atom. The molecule has 0 atom stereocenters. The van der Waals surface area contributed by atoms with Crippen molar-refractivity contribution in [3.05, 3.63) is 536 Å². The van der Waals surface area contributed by atoms with Crippen LogP contribution in [-0.2, 0) is 10.8 Å². The predicted molar refractivity (Wildman–Crippen MR) is 600 cm³/mol. The number of carbonyl (C=O) groups is 2. The van der Waals surface area contributed by atoms with E-state index >= 15 is 0 Å². The Morgan fingerprint density at radius 1 is 0.215 bits per heavy atom. The number of halogens is 1. The summed E-state index contributed by atoms with van der Waals surface area (Å²) < 4.78 is 27.9. The van der Waals surface area contributed by atoms with Gasteiger partial charge in [-0.1, -0.05) is 363 Å². The lowest BCUT2D eigenvalue weighted by molar-refractivity contribution is 0.0986. The summed E-state index contributed by atoms with van der Waals surface area (Å²) >= 11 is 10.0. The van der Waals surface area contributed by atoms with Gasteiger partial charge in [-0.05, 0) is 194 Å². The fourth-order valence-corrected chi connectivity index (χ4v) is 28.3. The van der Waals surface area contributed by atoms with E-state index in [9.17, 15) is 9.59 Å². The van der Waals surface area contributed by atoms with Crippen LogP contribution in [0.1, 0.15) is 81.0 Å². The molecule has 0 radical (unpaired) electrons. The minimum atomic E-state index is -0.714. The molecular formula is C129H81BrN4O6S4. The first-order valence-corrected chi connectivity index (χ1v) is 51.6. The van der Waals surface area contributed by atoms with E-state index < -0.39 is 10.8 Å². The Bertz CT molecular complexity index is 8930. The topological polar surface area (TPSA) is 99.7 Å². The number of rotatable bonds is 13. The maximum Gasteiger partial charge on any atom is 0.205 e. The normalized spacial score (nSPS) is 13.0. The standard InChI is InChI=1S/C70H42N2O2S2.C46H26N2O4S2.C12H9Br.CH4/c1-3-21-43(22-4-1)71(59-37-19-31-51-49-29-11-17-39-61(49)73-65(51)59)63-41-57-67(75-63)70(55-35-15-9-27-47(55)48-28-10-16-36-56(48)70)58-42-64(76-68(58)69(57)53-33-13-7-25-45(53)46-26-8-14-34-54(46)69)72(44-23-5-2-6-24-44)60-38-20-32-52-50-30-12-18-40-62(50)74-66(52)60;49-41-33-25-39(47(27-13-3-1-4-14-27)35-21-11-19-31-29-17-7-9-23-37(29)51-43(31)35)53-45(33)42(50)34-26-40(54-46(34)41)48(28-15-5-2-6-16-28)36-22-12-20-32-30-18-8-10-24-38(30)52-44(32)36;13-12-9-5-4-8-11(12)10-6-2-1-3-7-10;/h1-42H;1-26H;1-9H;1H4. The molecule has 26 aromatic rings. The summed E-state index contributed by atoms with van der Waals surface area (Å²) in [6, 6.07) is 164. The lowest BCUT2D eigenvalue weighted by atomic mass is 9.58. The molecule has 0 unspecified atom stereocenters. The molecule has 4 aliphatic carbocycles. The number of furan rings is 4. The summed E-state index contributed by atoms with van der Waals surface area (Å²) in [5.41, 5.74) is 28.8. The monoisotopic (exact) mass is 1990 g/mol. The van der Waals surface area contributed by atoms with Crippen LogP contribution in [0.2, 0.25) is 0 Å². The van der Waals surface area contributed by atoms with Gasteiger partial charge in [-0.2, -0.15) is 0 Å². The SMILES string of the molecule is Brc1ccccc1-c1ccccc1.C.O=C1c2cc(N(c3ccccc3)c3cccc4c3oc3ccccc34)sc2C(=O)c2cc(N(c3ccccc3)c3cccc4c3oc3ccccc34)sc21.c1ccc(N(c2cc3c(s2)C2(c4ccccc4-c4ccccc42)c2cc(N(c4ccccc4)c4cccc5c4oc4ccccc45)sc2C32c3ccccc3-c3ccccc32)c2cccc3c2oc2ccccc23)cc1. The highest BCUT2D eigenvalue weighted by Crippen LogP contribution is 2.73. The number of anilines is 12. The Hall–Kier alpha value is -17.0. The molecule has 10 nitrogen and oxygen atoms in total. The van der Waals surface area contributed by atoms with Crippen molar-refractivity contribution in [1.29, 1.82) is 0 Å². The Morgan fingerprint density at radius 2 is 0.458 bits per heavy atom. The van der Waals surface area contributed by atoms with E-state index in [1.54, 1.807) is 0 Å². The molecule has 0 N–H and O–H groups in total. The molecule has 18 aromatic carbocycles. The van der Waals surface area contributed by atoms with Gasteiger partial charge in [0, 0.05) is 91.2 Å². The summed E-state index contributed by atoms with van der Waals surface area (Å²) in [5, 5.41) is 12.2. The van der Waals surface area contributed by atoms with E-state index in [0.717, 1.165) is 158 Å².